The maximum atomic E-state index is 11.3. The Labute approximate surface area is 126 Å². The SMILES string of the molecule is Cc1ccccc1-n1ccnc1SCCC(=O)NC(N)=O. The summed E-state index contributed by atoms with van der Waals surface area (Å²) in [6, 6.07) is 7.17. The smallest absolute Gasteiger partial charge is 0.318 e. The summed E-state index contributed by atoms with van der Waals surface area (Å²) in [5, 5.41) is 2.84. The number of urea groups is 1. The van der Waals surface area contributed by atoms with Crippen LogP contribution >= 0.6 is 11.8 Å². The van der Waals surface area contributed by atoms with Gasteiger partial charge in [0.15, 0.2) is 5.16 Å². The van der Waals surface area contributed by atoms with E-state index in [1.807, 2.05) is 47.3 Å². The molecule has 3 N–H and O–H groups in total. The van der Waals surface area contributed by atoms with Crippen LogP contribution in [-0.4, -0.2) is 27.2 Å². The zero-order valence-corrected chi connectivity index (χ0v) is 12.4. The predicted octanol–water partition coefficient (Wildman–Crippen LogP) is 1.86. The first-order chi connectivity index (χ1) is 10.1. The number of hydrogen-bond acceptors (Lipinski definition) is 4. The lowest BCUT2D eigenvalue weighted by molar-refractivity contribution is -0.119. The van der Waals surface area contributed by atoms with Gasteiger partial charge in [-0.2, -0.15) is 0 Å². The van der Waals surface area contributed by atoms with Crippen molar-refractivity contribution in [2.45, 2.75) is 18.5 Å². The third kappa shape index (κ3) is 4.09. The highest BCUT2D eigenvalue weighted by Crippen LogP contribution is 2.22. The van der Waals surface area contributed by atoms with E-state index >= 15 is 0 Å². The fourth-order valence-electron chi connectivity index (χ4n) is 1.85. The van der Waals surface area contributed by atoms with E-state index in [4.69, 9.17) is 5.73 Å². The van der Waals surface area contributed by atoms with Crippen LogP contribution in [0.2, 0.25) is 0 Å². The highest BCUT2D eigenvalue weighted by Gasteiger charge is 2.09. The summed E-state index contributed by atoms with van der Waals surface area (Å²) in [7, 11) is 0. The minimum absolute atomic E-state index is 0.203. The lowest BCUT2D eigenvalue weighted by Gasteiger charge is -2.10. The van der Waals surface area contributed by atoms with Crippen LogP contribution in [-0.2, 0) is 4.79 Å². The second-order valence-electron chi connectivity index (χ2n) is 4.38. The molecule has 0 unspecified atom stereocenters. The van der Waals surface area contributed by atoms with Gasteiger partial charge in [-0.05, 0) is 18.6 Å². The van der Waals surface area contributed by atoms with Crippen molar-refractivity contribution in [3.8, 4) is 5.69 Å². The minimum atomic E-state index is -0.827. The zero-order chi connectivity index (χ0) is 15.2. The van der Waals surface area contributed by atoms with Crippen LogP contribution in [0.1, 0.15) is 12.0 Å². The number of carbonyl (C=O) groups excluding carboxylic acids is 2. The lowest BCUT2D eigenvalue weighted by Crippen LogP contribution is -2.35. The fourth-order valence-corrected chi connectivity index (χ4v) is 2.75. The number of nitrogens with two attached hydrogens (primary N) is 1. The number of nitrogens with zero attached hydrogens (tertiary/aromatic N) is 2. The number of hydrogen-bond donors (Lipinski definition) is 2. The Morgan fingerprint density at radius 2 is 2.14 bits per heavy atom. The van der Waals surface area contributed by atoms with Crippen molar-refractivity contribution in [1.29, 1.82) is 0 Å². The van der Waals surface area contributed by atoms with E-state index in [2.05, 4.69) is 4.98 Å². The number of rotatable bonds is 5. The maximum absolute atomic E-state index is 11.3. The molecule has 0 bridgehead atoms. The Morgan fingerprint density at radius 3 is 2.86 bits per heavy atom. The van der Waals surface area contributed by atoms with Crippen molar-refractivity contribution in [1.82, 2.24) is 14.9 Å². The molecule has 0 aliphatic rings. The normalized spacial score (nSPS) is 10.3. The zero-order valence-electron chi connectivity index (χ0n) is 11.6. The summed E-state index contributed by atoms with van der Waals surface area (Å²) in [6.07, 6.45) is 3.81. The van der Waals surface area contributed by atoms with Crippen molar-refractivity contribution >= 4 is 23.7 Å². The number of para-hydroxylation sites is 1. The van der Waals surface area contributed by atoms with Gasteiger partial charge in [0.05, 0.1) is 5.69 Å². The van der Waals surface area contributed by atoms with E-state index in [0.29, 0.717) is 5.75 Å². The molecular weight excluding hydrogens is 288 g/mol. The summed E-state index contributed by atoms with van der Waals surface area (Å²) in [4.78, 5) is 26.2. The molecule has 7 heteroatoms. The molecule has 0 aliphatic heterocycles. The second kappa shape index (κ2) is 6.94. The van der Waals surface area contributed by atoms with Gasteiger partial charge in [0.25, 0.3) is 0 Å². The Balaban J connectivity index is 2.00. The molecule has 110 valence electrons. The monoisotopic (exact) mass is 304 g/mol. The van der Waals surface area contributed by atoms with Crippen molar-refractivity contribution in [3.63, 3.8) is 0 Å². The van der Waals surface area contributed by atoms with Gasteiger partial charge in [-0.3, -0.25) is 14.7 Å². The summed E-state index contributed by atoms with van der Waals surface area (Å²) in [6.45, 7) is 2.03. The summed E-state index contributed by atoms with van der Waals surface area (Å²) in [5.41, 5.74) is 7.08. The van der Waals surface area contributed by atoms with Crippen LogP contribution in [0.5, 0.6) is 0 Å². The number of aromatic nitrogens is 2. The molecule has 0 fully saturated rings. The molecule has 0 saturated heterocycles. The lowest BCUT2D eigenvalue weighted by atomic mass is 10.2. The molecule has 0 atom stereocenters. The van der Waals surface area contributed by atoms with Gasteiger partial charge in [0.2, 0.25) is 5.91 Å². The minimum Gasteiger partial charge on any atom is -0.351 e. The first-order valence-corrected chi connectivity index (χ1v) is 7.38. The predicted molar refractivity (Wildman–Crippen MR) is 81.4 cm³/mol. The number of thioether (sulfide) groups is 1. The third-order valence-electron chi connectivity index (χ3n) is 2.80. The first-order valence-electron chi connectivity index (χ1n) is 6.39. The first kappa shape index (κ1) is 15.1. The number of nitrogens with one attached hydrogen (secondary N) is 1. The summed E-state index contributed by atoms with van der Waals surface area (Å²) in [5.74, 6) is 0.131. The third-order valence-corrected chi connectivity index (χ3v) is 3.77. The largest absolute Gasteiger partial charge is 0.351 e. The molecule has 21 heavy (non-hydrogen) atoms. The van der Waals surface area contributed by atoms with Crippen LogP contribution in [0, 0.1) is 6.92 Å². The maximum Gasteiger partial charge on any atom is 0.318 e. The topological polar surface area (TPSA) is 90.0 Å². The van der Waals surface area contributed by atoms with E-state index in [-0.39, 0.29) is 12.3 Å². The highest BCUT2D eigenvalue weighted by molar-refractivity contribution is 7.99. The molecule has 2 rings (SSSR count). The van der Waals surface area contributed by atoms with Gasteiger partial charge in [0.1, 0.15) is 0 Å². The number of benzene rings is 1. The Bertz CT molecular complexity index is 654. The molecule has 0 radical (unpaired) electrons. The molecule has 1 aromatic carbocycles. The second-order valence-corrected chi connectivity index (χ2v) is 5.44. The average Bonchev–Trinajstić information content (AvgIpc) is 2.86. The molecule has 6 nitrogen and oxygen atoms in total. The summed E-state index contributed by atoms with van der Waals surface area (Å²) < 4.78 is 1.98. The molecular formula is C14H16N4O2S. The van der Waals surface area contributed by atoms with E-state index < -0.39 is 6.03 Å². The number of carbonyl (C=O) groups is 2. The van der Waals surface area contributed by atoms with Gasteiger partial charge in [-0.1, -0.05) is 30.0 Å². The Hall–Kier alpha value is -2.28. The molecule has 0 spiro atoms. The Morgan fingerprint density at radius 1 is 1.38 bits per heavy atom. The van der Waals surface area contributed by atoms with Gasteiger partial charge >= 0.3 is 6.03 Å². The van der Waals surface area contributed by atoms with E-state index in [1.54, 1.807) is 6.20 Å². The molecule has 2 aromatic rings. The van der Waals surface area contributed by atoms with Crippen LogP contribution in [0.4, 0.5) is 4.79 Å². The quantitative estimate of drug-likeness (QED) is 0.825. The Kier molecular flexibility index (Phi) is 4.99. The standard InChI is InChI=1S/C14H16N4O2S/c1-10-4-2-3-5-11(10)18-8-7-16-14(18)21-9-6-12(19)17-13(15)20/h2-5,7-8H,6,9H2,1H3,(H3,15,17,19,20). The van der Waals surface area contributed by atoms with E-state index in [0.717, 1.165) is 16.4 Å². The van der Waals surface area contributed by atoms with Crippen molar-refractivity contribution < 1.29 is 9.59 Å². The average molecular weight is 304 g/mol. The summed E-state index contributed by atoms with van der Waals surface area (Å²) >= 11 is 1.45. The van der Waals surface area contributed by atoms with Gasteiger partial charge < -0.3 is 5.73 Å². The number of imidazole rings is 1. The van der Waals surface area contributed by atoms with Crippen molar-refractivity contribution in [2.75, 3.05) is 5.75 Å². The van der Waals surface area contributed by atoms with Crippen LogP contribution in [0.15, 0.2) is 41.8 Å². The number of aryl methyl sites for hydroxylation is 1. The van der Waals surface area contributed by atoms with Gasteiger partial charge in [-0.15, -0.1) is 0 Å². The van der Waals surface area contributed by atoms with Crippen molar-refractivity contribution in [2.24, 2.45) is 5.73 Å². The number of amides is 3. The molecule has 1 heterocycles. The van der Waals surface area contributed by atoms with Gasteiger partial charge in [-0.25, -0.2) is 9.78 Å². The molecule has 1 aromatic heterocycles. The molecule has 3 amide bonds. The van der Waals surface area contributed by atoms with Crippen LogP contribution in [0.3, 0.4) is 0 Å². The number of imide groups is 1. The van der Waals surface area contributed by atoms with E-state index in [1.165, 1.54) is 11.8 Å². The van der Waals surface area contributed by atoms with E-state index in [9.17, 15) is 9.59 Å². The fraction of sp³-hybridized carbons (Fsp3) is 0.214. The molecule has 0 aliphatic carbocycles. The van der Waals surface area contributed by atoms with Crippen LogP contribution in [0.25, 0.3) is 5.69 Å². The molecule has 0 saturated carbocycles. The van der Waals surface area contributed by atoms with Crippen LogP contribution < -0.4 is 11.1 Å². The van der Waals surface area contributed by atoms with Gasteiger partial charge in [0, 0.05) is 24.6 Å². The highest BCUT2D eigenvalue weighted by atomic mass is 32.2. The van der Waals surface area contributed by atoms with Crippen molar-refractivity contribution in [3.05, 3.63) is 42.2 Å². The number of primary amides is 1.